The van der Waals surface area contributed by atoms with Gasteiger partial charge < -0.3 is 4.42 Å². The van der Waals surface area contributed by atoms with Crippen molar-refractivity contribution in [3.63, 3.8) is 0 Å². The molecule has 0 fully saturated rings. The van der Waals surface area contributed by atoms with Crippen molar-refractivity contribution in [1.82, 2.24) is 9.38 Å². The summed E-state index contributed by atoms with van der Waals surface area (Å²) in [5.74, 6) is 0. The largest absolute Gasteiger partial charge is 0.455 e. The Morgan fingerprint density at radius 3 is 2.08 bits per heavy atom. The number of rotatable bonds is 2. The molecule has 0 radical (unpaired) electrons. The quantitative estimate of drug-likeness (QED) is 0.217. The monoisotopic (exact) mass is 510 g/mol. The first-order chi connectivity index (χ1) is 19.8. The lowest BCUT2D eigenvalue weighted by molar-refractivity contribution is 0.670. The molecule has 6 aromatic carbocycles. The number of furan rings is 1. The van der Waals surface area contributed by atoms with Gasteiger partial charge in [-0.3, -0.25) is 4.40 Å². The number of benzene rings is 6. The van der Waals surface area contributed by atoms with Gasteiger partial charge in [-0.15, -0.1) is 0 Å². The fourth-order valence-electron chi connectivity index (χ4n) is 6.48. The highest BCUT2D eigenvalue weighted by Crippen LogP contribution is 2.41. The molecule has 0 aliphatic rings. The smallest absolute Gasteiger partial charge is 0.145 e. The maximum absolute atomic E-state index is 6.41. The predicted molar refractivity (Wildman–Crippen MR) is 166 cm³/mol. The number of hydrogen-bond donors (Lipinski definition) is 0. The van der Waals surface area contributed by atoms with Gasteiger partial charge in [0.05, 0.1) is 5.52 Å². The third kappa shape index (κ3) is 2.92. The van der Waals surface area contributed by atoms with E-state index in [-0.39, 0.29) is 0 Å². The van der Waals surface area contributed by atoms with E-state index in [1.807, 2.05) is 24.5 Å². The van der Waals surface area contributed by atoms with Gasteiger partial charge in [0.15, 0.2) is 0 Å². The van der Waals surface area contributed by atoms with E-state index in [0.29, 0.717) is 0 Å². The summed E-state index contributed by atoms with van der Waals surface area (Å²) in [4.78, 5) is 4.65. The van der Waals surface area contributed by atoms with E-state index in [2.05, 4.69) is 119 Å². The van der Waals surface area contributed by atoms with E-state index in [4.69, 9.17) is 4.42 Å². The maximum Gasteiger partial charge on any atom is 0.145 e. The second-order valence-electron chi connectivity index (χ2n) is 10.4. The molecule has 186 valence electrons. The number of nitrogens with zero attached hydrogens (tertiary/aromatic N) is 2. The normalized spacial score (nSPS) is 12.0. The SMILES string of the molecule is c1ccc2c(c1)oc1c(-c3ccc(-c4ccc5c(c4)c4ccccc4c4nccn54)c4ccccc34)cccc12. The lowest BCUT2D eigenvalue weighted by atomic mass is 9.90. The fourth-order valence-corrected chi connectivity index (χ4v) is 6.48. The minimum atomic E-state index is 0.918. The highest BCUT2D eigenvalue weighted by molar-refractivity contribution is 6.15. The molecule has 9 rings (SSSR count). The zero-order valence-corrected chi connectivity index (χ0v) is 21.5. The summed E-state index contributed by atoms with van der Waals surface area (Å²) in [5, 5.41) is 8.33. The van der Waals surface area contributed by atoms with Crippen LogP contribution in [0.1, 0.15) is 0 Å². The third-order valence-electron chi connectivity index (χ3n) is 8.28. The first-order valence-electron chi connectivity index (χ1n) is 13.6. The van der Waals surface area contributed by atoms with Crippen LogP contribution in [0.3, 0.4) is 0 Å². The van der Waals surface area contributed by atoms with Crippen molar-refractivity contribution in [3.8, 4) is 22.3 Å². The Morgan fingerprint density at radius 1 is 0.500 bits per heavy atom. The van der Waals surface area contributed by atoms with E-state index in [0.717, 1.165) is 44.1 Å². The topological polar surface area (TPSA) is 30.4 Å². The second kappa shape index (κ2) is 8.05. The summed E-state index contributed by atoms with van der Waals surface area (Å²) in [5.41, 5.74) is 8.70. The van der Waals surface area contributed by atoms with Crippen LogP contribution in [0.2, 0.25) is 0 Å². The van der Waals surface area contributed by atoms with Gasteiger partial charge in [0, 0.05) is 39.5 Å². The summed E-state index contributed by atoms with van der Waals surface area (Å²) in [7, 11) is 0. The van der Waals surface area contributed by atoms with Crippen molar-refractivity contribution in [1.29, 1.82) is 0 Å². The lowest BCUT2D eigenvalue weighted by Crippen LogP contribution is -1.92. The van der Waals surface area contributed by atoms with Gasteiger partial charge in [0.2, 0.25) is 0 Å². The van der Waals surface area contributed by atoms with Crippen molar-refractivity contribution in [2.45, 2.75) is 0 Å². The fraction of sp³-hybridized carbons (Fsp3) is 0. The Balaban J connectivity index is 1.31. The summed E-state index contributed by atoms with van der Waals surface area (Å²) < 4.78 is 8.60. The van der Waals surface area contributed by atoms with Crippen LogP contribution in [0.4, 0.5) is 0 Å². The van der Waals surface area contributed by atoms with Gasteiger partial charge in [-0.2, -0.15) is 0 Å². The molecular formula is C37H22N2O. The second-order valence-corrected chi connectivity index (χ2v) is 10.4. The summed E-state index contributed by atoms with van der Waals surface area (Å²) in [6.07, 6.45) is 3.93. The molecule has 3 heterocycles. The van der Waals surface area contributed by atoms with Crippen LogP contribution in [0, 0.1) is 0 Å². The van der Waals surface area contributed by atoms with E-state index >= 15 is 0 Å². The molecule has 9 aromatic rings. The van der Waals surface area contributed by atoms with Gasteiger partial charge in [0.25, 0.3) is 0 Å². The molecule has 0 amide bonds. The predicted octanol–water partition coefficient (Wildman–Crippen LogP) is 10.0. The number of pyridine rings is 1. The molecule has 0 saturated carbocycles. The molecule has 40 heavy (non-hydrogen) atoms. The molecule has 0 N–H and O–H groups in total. The first-order valence-corrected chi connectivity index (χ1v) is 13.6. The Bertz CT molecular complexity index is 2440. The number of para-hydroxylation sites is 2. The average Bonchev–Trinajstić information content (AvgIpc) is 3.66. The van der Waals surface area contributed by atoms with Crippen molar-refractivity contribution in [2.24, 2.45) is 0 Å². The van der Waals surface area contributed by atoms with Crippen molar-refractivity contribution in [2.75, 3.05) is 0 Å². The van der Waals surface area contributed by atoms with E-state index < -0.39 is 0 Å². The zero-order chi connectivity index (χ0) is 26.2. The number of fused-ring (bicyclic) bond motifs is 10. The lowest BCUT2D eigenvalue weighted by Gasteiger charge is -2.14. The Kier molecular flexibility index (Phi) is 4.33. The van der Waals surface area contributed by atoms with E-state index in [1.165, 1.54) is 38.2 Å². The van der Waals surface area contributed by atoms with Gasteiger partial charge in [-0.1, -0.05) is 103 Å². The first kappa shape index (κ1) is 21.5. The molecule has 0 aliphatic heterocycles. The van der Waals surface area contributed by atoms with Crippen LogP contribution in [0.25, 0.3) is 82.3 Å². The molecule has 3 heteroatoms. The Hall–Kier alpha value is -5.41. The van der Waals surface area contributed by atoms with Crippen LogP contribution in [-0.4, -0.2) is 9.38 Å². The van der Waals surface area contributed by atoms with Gasteiger partial charge in [-0.25, -0.2) is 4.98 Å². The molecule has 0 atom stereocenters. The summed E-state index contributed by atoms with van der Waals surface area (Å²) in [6.45, 7) is 0. The molecule has 0 spiro atoms. The van der Waals surface area contributed by atoms with E-state index in [1.54, 1.807) is 0 Å². The standard InChI is InChI=1S/C37H22N2O/c1-2-9-26-25(8-1)24(17-18-28(26)30-13-7-14-31-29-11-5-6-15-35(29)40-36(30)31)23-16-19-34-33(22-23)27-10-3-4-12-32(27)37-38-20-21-39(34)37/h1-22H. The molecule has 0 bridgehead atoms. The van der Waals surface area contributed by atoms with Crippen LogP contribution >= 0.6 is 0 Å². The number of aromatic nitrogens is 2. The Labute approximate surface area is 229 Å². The highest BCUT2D eigenvalue weighted by atomic mass is 16.3. The molecule has 0 saturated heterocycles. The third-order valence-corrected chi connectivity index (χ3v) is 8.28. The zero-order valence-electron chi connectivity index (χ0n) is 21.5. The minimum absolute atomic E-state index is 0.918. The van der Waals surface area contributed by atoms with Crippen molar-refractivity contribution < 1.29 is 4.42 Å². The van der Waals surface area contributed by atoms with Crippen LogP contribution in [0.5, 0.6) is 0 Å². The molecule has 0 aliphatic carbocycles. The van der Waals surface area contributed by atoms with Crippen LogP contribution in [-0.2, 0) is 0 Å². The van der Waals surface area contributed by atoms with Crippen molar-refractivity contribution in [3.05, 3.63) is 134 Å². The Morgan fingerprint density at radius 2 is 1.20 bits per heavy atom. The molecule has 3 aromatic heterocycles. The number of hydrogen-bond acceptors (Lipinski definition) is 2. The summed E-state index contributed by atoms with van der Waals surface area (Å²) >= 11 is 0. The maximum atomic E-state index is 6.41. The molecule has 3 nitrogen and oxygen atoms in total. The van der Waals surface area contributed by atoms with Crippen molar-refractivity contribution >= 4 is 60.0 Å². The van der Waals surface area contributed by atoms with Gasteiger partial charge in [0.1, 0.15) is 16.8 Å². The summed E-state index contributed by atoms with van der Waals surface area (Å²) in [6, 6.07) is 43.3. The minimum Gasteiger partial charge on any atom is -0.455 e. The number of imidazole rings is 1. The van der Waals surface area contributed by atoms with Gasteiger partial charge in [-0.05, 0) is 51.0 Å². The van der Waals surface area contributed by atoms with Crippen LogP contribution < -0.4 is 0 Å². The molecular weight excluding hydrogens is 488 g/mol. The van der Waals surface area contributed by atoms with Crippen LogP contribution in [0.15, 0.2) is 138 Å². The van der Waals surface area contributed by atoms with Gasteiger partial charge >= 0.3 is 0 Å². The average molecular weight is 511 g/mol. The molecule has 0 unspecified atom stereocenters. The highest BCUT2D eigenvalue weighted by Gasteiger charge is 2.16. The van der Waals surface area contributed by atoms with E-state index in [9.17, 15) is 0 Å².